The van der Waals surface area contributed by atoms with Gasteiger partial charge in [0.2, 0.25) is 5.91 Å². The summed E-state index contributed by atoms with van der Waals surface area (Å²) in [5, 5.41) is 10.8. The summed E-state index contributed by atoms with van der Waals surface area (Å²) in [4.78, 5) is 25.1. The molecule has 8 heteroatoms. The number of carbonyl (C=O) groups is 2. The smallest absolute Gasteiger partial charge is 0.257 e. The average molecular weight is 452 g/mol. The first-order valence-corrected chi connectivity index (χ1v) is 11.1. The summed E-state index contributed by atoms with van der Waals surface area (Å²) in [6.45, 7) is 0. The molecule has 0 saturated heterocycles. The molecule has 1 saturated carbocycles. The Morgan fingerprint density at radius 3 is 2.56 bits per heavy atom. The molecule has 2 amide bonds. The molecule has 0 radical (unpaired) electrons. The lowest BCUT2D eigenvalue weighted by molar-refractivity contribution is -0.120. The van der Waals surface area contributed by atoms with Crippen LogP contribution in [0.5, 0.6) is 0 Å². The van der Waals surface area contributed by atoms with Crippen molar-refractivity contribution in [3.05, 3.63) is 65.2 Å². The highest BCUT2D eigenvalue weighted by atomic mass is 35.5. The van der Waals surface area contributed by atoms with Crippen molar-refractivity contribution in [3.63, 3.8) is 0 Å². The van der Waals surface area contributed by atoms with Crippen molar-refractivity contribution in [1.82, 2.24) is 9.78 Å². The minimum atomic E-state index is -0.270. The van der Waals surface area contributed by atoms with Gasteiger partial charge in [-0.3, -0.25) is 14.3 Å². The number of aromatic nitrogens is 2. The van der Waals surface area contributed by atoms with Crippen molar-refractivity contribution in [3.8, 4) is 11.3 Å². The fraction of sp³-hybridized carbons (Fsp3) is 0.292. The number of amides is 2. The van der Waals surface area contributed by atoms with Crippen LogP contribution in [0, 0.1) is 5.92 Å². The molecule has 1 aromatic heterocycles. The Morgan fingerprint density at radius 2 is 1.84 bits per heavy atom. The number of nitrogens with two attached hydrogens (primary N) is 1. The van der Waals surface area contributed by atoms with Gasteiger partial charge in [0.15, 0.2) is 0 Å². The standard InChI is InChI=1S/C24H26ClN5O2/c1-30-22(28-23(31)16-5-4-6-17(26)13-16)14-21(29-30)15-9-11-18(12-10-15)27-24(32)19-7-2-3-8-20(19)25/h2-3,7-12,14,16-17H,4-6,13,26H2,1H3,(H,27,32)(H,28,31)/t16?,17-/m1/s1. The van der Waals surface area contributed by atoms with Crippen molar-refractivity contribution in [2.75, 3.05) is 10.6 Å². The number of rotatable bonds is 5. The summed E-state index contributed by atoms with van der Waals surface area (Å²) < 4.78 is 1.66. The van der Waals surface area contributed by atoms with Crippen LogP contribution in [0.15, 0.2) is 54.6 Å². The second-order valence-electron chi connectivity index (χ2n) is 8.16. The number of benzene rings is 2. The Bertz CT molecular complexity index is 1130. The number of carbonyl (C=O) groups excluding carboxylic acids is 2. The summed E-state index contributed by atoms with van der Waals surface area (Å²) in [5.74, 6) is 0.305. The maximum atomic E-state index is 12.6. The van der Waals surface area contributed by atoms with Crippen molar-refractivity contribution in [2.45, 2.75) is 31.7 Å². The summed E-state index contributed by atoms with van der Waals surface area (Å²) in [5.41, 5.74) is 8.69. The fourth-order valence-corrected chi connectivity index (χ4v) is 4.21. The van der Waals surface area contributed by atoms with Crippen LogP contribution in [0.1, 0.15) is 36.0 Å². The first-order valence-electron chi connectivity index (χ1n) is 10.7. The van der Waals surface area contributed by atoms with E-state index in [-0.39, 0.29) is 23.8 Å². The second kappa shape index (κ2) is 9.54. The van der Waals surface area contributed by atoms with Gasteiger partial charge in [-0.1, -0.05) is 42.3 Å². The summed E-state index contributed by atoms with van der Waals surface area (Å²) >= 11 is 6.09. The van der Waals surface area contributed by atoms with Crippen LogP contribution in [0.3, 0.4) is 0 Å². The largest absolute Gasteiger partial charge is 0.328 e. The zero-order chi connectivity index (χ0) is 22.7. The van der Waals surface area contributed by atoms with Crippen LogP contribution < -0.4 is 16.4 Å². The highest BCUT2D eigenvalue weighted by Crippen LogP contribution is 2.27. The molecule has 0 bridgehead atoms. The zero-order valence-corrected chi connectivity index (χ0v) is 18.6. The summed E-state index contributed by atoms with van der Waals surface area (Å²) in [7, 11) is 1.80. The van der Waals surface area contributed by atoms with Gasteiger partial charge in [0.25, 0.3) is 5.91 Å². The predicted octanol–water partition coefficient (Wildman–Crippen LogP) is 4.45. The summed E-state index contributed by atoms with van der Waals surface area (Å²) in [6.07, 6.45) is 3.55. The van der Waals surface area contributed by atoms with E-state index in [4.69, 9.17) is 17.3 Å². The Balaban J connectivity index is 1.43. The molecule has 1 aliphatic rings. The van der Waals surface area contributed by atoms with Gasteiger partial charge in [0.1, 0.15) is 5.82 Å². The minimum Gasteiger partial charge on any atom is -0.328 e. The maximum Gasteiger partial charge on any atom is 0.257 e. The highest BCUT2D eigenvalue weighted by molar-refractivity contribution is 6.34. The third-order valence-corrected chi connectivity index (χ3v) is 6.10. The molecule has 4 N–H and O–H groups in total. The van der Waals surface area contributed by atoms with Crippen LogP contribution in [0.4, 0.5) is 11.5 Å². The van der Waals surface area contributed by atoms with E-state index in [0.717, 1.165) is 36.9 Å². The van der Waals surface area contributed by atoms with Gasteiger partial charge < -0.3 is 16.4 Å². The third-order valence-electron chi connectivity index (χ3n) is 5.77. The van der Waals surface area contributed by atoms with Gasteiger partial charge in [-0.25, -0.2) is 0 Å². The molecule has 1 unspecified atom stereocenters. The number of hydrogen-bond donors (Lipinski definition) is 3. The number of nitrogens with one attached hydrogen (secondary N) is 2. The molecular weight excluding hydrogens is 426 g/mol. The molecule has 0 aliphatic heterocycles. The van der Waals surface area contributed by atoms with Crippen LogP contribution in [0.25, 0.3) is 11.3 Å². The normalized spacial score (nSPS) is 18.2. The first kappa shape index (κ1) is 22.0. The van der Waals surface area contributed by atoms with Gasteiger partial charge in [0, 0.05) is 36.3 Å². The molecule has 166 valence electrons. The Kier molecular flexibility index (Phi) is 6.58. The van der Waals surface area contributed by atoms with E-state index in [0.29, 0.717) is 22.1 Å². The number of hydrogen-bond acceptors (Lipinski definition) is 4. The van der Waals surface area contributed by atoms with Gasteiger partial charge >= 0.3 is 0 Å². The SMILES string of the molecule is Cn1nc(-c2ccc(NC(=O)c3ccccc3Cl)cc2)cc1NC(=O)C1CCC[C@@H](N)C1. The average Bonchev–Trinajstić information content (AvgIpc) is 3.14. The van der Waals surface area contributed by atoms with E-state index in [1.807, 2.05) is 18.2 Å². The van der Waals surface area contributed by atoms with E-state index in [9.17, 15) is 9.59 Å². The van der Waals surface area contributed by atoms with E-state index in [1.54, 1.807) is 48.1 Å². The van der Waals surface area contributed by atoms with E-state index >= 15 is 0 Å². The van der Waals surface area contributed by atoms with E-state index < -0.39 is 0 Å². The van der Waals surface area contributed by atoms with Crippen molar-refractivity contribution in [1.29, 1.82) is 0 Å². The third kappa shape index (κ3) is 5.00. The van der Waals surface area contributed by atoms with Gasteiger partial charge in [-0.15, -0.1) is 0 Å². The Labute approximate surface area is 191 Å². The van der Waals surface area contributed by atoms with Crippen LogP contribution >= 0.6 is 11.6 Å². The number of anilines is 2. The molecule has 1 aliphatic carbocycles. The lowest BCUT2D eigenvalue weighted by Gasteiger charge is -2.25. The minimum absolute atomic E-state index is 0.00710. The quantitative estimate of drug-likeness (QED) is 0.533. The topological polar surface area (TPSA) is 102 Å². The lowest BCUT2D eigenvalue weighted by atomic mass is 9.85. The lowest BCUT2D eigenvalue weighted by Crippen LogP contribution is -2.34. The molecule has 2 atom stereocenters. The van der Waals surface area contributed by atoms with Gasteiger partial charge in [0.05, 0.1) is 16.3 Å². The Hall–Kier alpha value is -3.16. The first-order chi connectivity index (χ1) is 15.4. The van der Waals surface area contributed by atoms with Gasteiger partial charge in [-0.05, 0) is 43.5 Å². The van der Waals surface area contributed by atoms with Crippen LogP contribution in [-0.2, 0) is 11.8 Å². The highest BCUT2D eigenvalue weighted by Gasteiger charge is 2.26. The molecule has 32 heavy (non-hydrogen) atoms. The van der Waals surface area contributed by atoms with E-state index in [1.165, 1.54) is 0 Å². The van der Waals surface area contributed by atoms with Crippen molar-refractivity contribution in [2.24, 2.45) is 18.7 Å². The summed E-state index contributed by atoms with van der Waals surface area (Å²) in [6, 6.07) is 16.2. The van der Waals surface area contributed by atoms with Crippen LogP contribution in [-0.4, -0.2) is 27.6 Å². The predicted molar refractivity (Wildman–Crippen MR) is 127 cm³/mol. The van der Waals surface area contributed by atoms with Crippen LogP contribution in [0.2, 0.25) is 5.02 Å². The van der Waals surface area contributed by atoms with Gasteiger partial charge in [-0.2, -0.15) is 5.10 Å². The fourth-order valence-electron chi connectivity index (χ4n) is 3.99. The molecule has 4 rings (SSSR count). The Morgan fingerprint density at radius 1 is 1.09 bits per heavy atom. The number of nitrogens with zero attached hydrogens (tertiary/aromatic N) is 2. The molecule has 1 heterocycles. The number of halogens is 1. The van der Waals surface area contributed by atoms with E-state index in [2.05, 4.69) is 15.7 Å². The molecule has 1 fully saturated rings. The molecule has 3 aromatic rings. The maximum absolute atomic E-state index is 12.6. The van der Waals surface area contributed by atoms with Crippen molar-refractivity contribution < 1.29 is 9.59 Å². The van der Waals surface area contributed by atoms with Crippen molar-refractivity contribution >= 4 is 34.9 Å². The molecule has 0 spiro atoms. The second-order valence-corrected chi connectivity index (χ2v) is 8.57. The number of aryl methyl sites for hydroxylation is 1. The molecular formula is C24H26ClN5O2. The zero-order valence-electron chi connectivity index (χ0n) is 17.8. The molecule has 2 aromatic carbocycles. The molecule has 7 nitrogen and oxygen atoms in total. The monoisotopic (exact) mass is 451 g/mol.